The van der Waals surface area contributed by atoms with E-state index in [9.17, 15) is 14.0 Å². The third kappa shape index (κ3) is 4.11. The van der Waals surface area contributed by atoms with Crippen LogP contribution in [0, 0.1) is 5.82 Å². The van der Waals surface area contributed by atoms with Crippen molar-refractivity contribution in [1.29, 1.82) is 0 Å². The second kappa shape index (κ2) is 8.23. The number of fused-ring (bicyclic) bond motifs is 1. The summed E-state index contributed by atoms with van der Waals surface area (Å²) in [6, 6.07) is 12.0. The first-order chi connectivity index (χ1) is 14.0. The van der Waals surface area contributed by atoms with Gasteiger partial charge in [-0.1, -0.05) is 41.9 Å². The summed E-state index contributed by atoms with van der Waals surface area (Å²) in [4.78, 5) is 28.0. The third-order valence-corrected chi connectivity index (χ3v) is 5.14. The lowest BCUT2D eigenvalue weighted by molar-refractivity contribution is 0.0469. The molecule has 1 saturated heterocycles. The summed E-state index contributed by atoms with van der Waals surface area (Å²) in [5.41, 5.74) is 0.867. The molecule has 8 heteroatoms. The van der Waals surface area contributed by atoms with Crippen molar-refractivity contribution in [1.82, 2.24) is 15.6 Å². The van der Waals surface area contributed by atoms with Gasteiger partial charge >= 0.3 is 5.97 Å². The van der Waals surface area contributed by atoms with Gasteiger partial charge in [-0.15, -0.1) is 0 Å². The SMILES string of the molecule is O=C(N[C@H]1CCNC1)c1cc2cc(Cl)c(F)c(C(=O)OCc3ccccc3)c2[nH]1. The molecule has 1 aliphatic rings. The number of benzene rings is 2. The van der Waals surface area contributed by atoms with Crippen LogP contribution in [0.15, 0.2) is 42.5 Å². The van der Waals surface area contributed by atoms with E-state index in [0.29, 0.717) is 11.9 Å². The van der Waals surface area contributed by atoms with Gasteiger partial charge in [-0.05, 0) is 30.7 Å². The molecule has 2 aromatic carbocycles. The molecule has 0 bridgehead atoms. The molecule has 150 valence electrons. The third-order valence-electron chi connectivity index (χ3n) is 4.87. The Kier molecular flexibility index (Phi) is 5.51. The van der Waals surface area contributed by atoms with E-state index in [1.165, 1.54) is 6.07 Å². The number of ether oxygens (including phenoxy) is 1. The summed E-state index contributed by atoms with van der Waals surface area (Å²) >= 11 is 5.97. The molecule has 2 heterocycles. The molecular weight excluding hydrogens is 397 g/mol. The average Bonchev–Trinajstić information content (AvgIpc) is 3.37. The van der Waals surface area contributed by atoms with Crippen LogP contribution in [-0.2, 0) is 11.3 Å². The molecule has 0 aliphatic carbocycles. The summed E-state index contributed by atoms with van der Waals surface area (Å²) < 4.78 is 20.0. The number of nitrogens with one attached hydrogen (secondary N) is 3. The minimum atomic E-state index is -0.883. The second-order valence-corrected chi connectivity index (χ2v) is 7.33. The number of aromatic nitrogens is 1. The maximum atomic E-state index is 14.7. The fraction of sp³-hybridized carbons (Fsp3) is 0.238. The second-order valence-electron chi connectivity index (χ2n) is 6.92. The zero-order valence-electron chi connectivity index (χ0n) is 15.4. The number of halogens is 2. The smallest absolute Gasteiger partial charge is 0.343 e. The summed E-state index contributed by atoms with van der Waals surface area (Å²) in [5.74, 6) is -2.06. The first-order valence-electron chi connectivity index (χ1n) is 9.26. The van der Waals surface area contributed by atoms with Crippen molar-refractivity contribution in [2.24, 2.45) is 0 Å². The van der Waals surface area contributed by atoms with E-state index in [0.717, 1.165) is 18.5 Å². The van der Waals surface area contributed by atoms with Crippen LogP contribution in [0.2, 0.25) is 5.02 Å². The number of esters is 1. The van der Waals surface area contributed by atoms with Crippen molar-refractivity contribution >= 4 is 34.4 Å². The van der Waals surface area contributed by atoms with Crippen LogP contribution in [0.25, 0.3) is 10.9 Å². The zero-order valence-corrected chi connectivity index (χ0v) is 16.2. The Labute approximate surface area is 171 Å². The lowest BCUT2D eigenvalue weighted by atomic mass is 10.1. The highest BCUT2D eigenvalue weighted by molar-refractivity contribution is 6.32. The Morgan fingerprint density at radius 3 is 2.76 bits per heavy atom. The highest BCUT2D eigenvalue weighted by Gasteiger charge is 2.24. The van der Waals surface area contributed by atoms with Gasteiger partial charge in [-0.2, -0.15) is 0 Å². The maximum Gasteiger partial charge on any atom is 0.343 e. The Morgan fingerprint density at radius 2 is 2.03 bits per heavy atom. The average molecular weight is 416 g/mol. The lowest BCUT2D eigenvalue weighted by Crippen LogP contribution is -2.36. The van der Waals surface area contributed by atoms with Gasteiger partial charge < -0.3 is 20.4 Å². The number of carbonyl (C=O) groups is 2. The van der Waals surface area contributed by atoms with Gasteiger partial charge in [0.25, 0.3) is 5.91 Å². The van der Waals surface area contributed by atoms with Crippen LogP contribution in [0.3, 0.4) is 0 Å². The number of aromatic amines is 1. The summed E-state index contributed by atoms with van der Waals surface area (Å²) in [7, 11) is 0. The van der Waals surface area contributed by atoms with Crippen LogP contribution in [0.1, 0.15) is 32.8 Å². The van der Waals surface area contributed by atoms with Gasteiger partial charge in [0.15, 0.2) is 5.82 Å². The van der Waals surface area contributed by atoms with Crippen LogP contribution in [-0.4, -0.2) is 36.0 Å². The predicted octanol–water partition coefficient (Wildman–Crippen LogP) is 3.41. The van der Waals surface area contributed by atoms with Crippen molar-refractivity contribution in [3.63, 3.8) is 0 Å². The van der Waals surface area contributed by atoms with E-state index in [1.807, 2.05) is 18.2 Å². The van der Waals surface area contributed by atoms with E-state index in [2.05, 4.69) is 15.6 Å². The largest absolute Gasteiger partial charge is 0.457 e. The highest BCUT2D eigenvalue weighted by atomic mass is 35.5. The molecule has 0 radical (unpaired) electrons. The van der Waals surface area contributed by atoms with E-state index in [-0.39, 0.29) is 40.4 Å². The van der Waals surface area contributed by atoms with Crippen LogP contribution in [0.4, 0.5) is 4.39 Å². The number of hydrogen-bond acceptors (Lipinski definition) is 4. The predicted molar refractivity (Wildman–Crippen MR) is 108 cm³/mol. The topological polar surface area (TPSA) is 83.2 Å². The fourth-order valence-electron chi connectivity index (χ4n) is 3.37. The fourth-order valence-corrected chi connectivity index (χ4v) is 3.58. The Morgan fingerprint density at radius 1 is 1.24 bits per heavy atom. The molecule has 1 aromatic heterocycles. The monoisotopic (exact) mass is 415 g/mol. The molecule has 0 spiro atoms. The Bertz CT molecular complexity index is 1060. The molecule has 0 unspecified atom stereocenters. The first-order valence-corrected chi connectivity index (χ1v) is 9.64. The maximum absolute atomic E-state index is 14.7. The Hall–Kier alpha value is -2.90. The van der Waals surface area contributed by atoms with Crippen molar-refractivity contribution < 1.29 is 18.7 Å². The molecule has 1 fully saturated rings. The van der Waals surface area contributed by atoms with Gasteiger partial charge in [0.05, 0.1) is 10.5 Å². The van der Waals surface area contributed by atoms with E-state index in [1.54, 1.807) is 18.2 Å². The minimum absolute atomic E-state index is 0.00412. The number of hydrogen-bond donors (Lipinski definition) is 3. The molecule has 1 atom stereocenters. The van der Waals surface area contributed by atoms with E-state index < -0.39 is 11.8 Å². The number of H-pyrrole nitrogens is 1. The number of rotatable bonds is 5. The zero-order chi connectivity index (χ0) is 20.4. The summed E-state index contributed by atoms with van der Waals surface area (Å²) in [6.45, 7) is 1.54. The van der Waals surface area contributed by atoms with Crippen molar-refractivity contribution in [3.05, 3.63) is 70.1 Å². The molecule has 1 aliphatic heterocycles. The normalized spacial score (nSPS) is 16.1. The van der Waals surface area contributed by atoms with Gasteiger partial charge in [0, 0.05) is 18.0 Å². The van der Waals surface area contributed by atoms with Crippen LogP contribution >= 0.6 is 11.6 Å². The number of amides is 1. The van der Waals surface area contributed by atoms with E-state index >= 15 is 0 Å². The molecule has 3 aromatic rings. The molecule has 4 rings (SSSR count). The molecule has 3 N–H and O–H groups in total. The molecule has 0 saturated carbocycles. The summed E-state index contributed by atoms with van der Waals surface area (Å²) in [6.07, 6.45) is 0.837. The Balaban J connectivity index is 1.61. The molecule has 6 nitrogen and oxygen atoms in total. The molecule has 1 amide bonds. The highest BCUT2D eigenvalue weighted by Crippen LogP contribution is 2.29. The molecule has 29 heavy (non-hydrogen) atoms. The number of carbonyl (C=O) groups excluding carboxylic acids is 2. The van der Waals surface area contributed by atoms with Gasteiger partial charge in [0.2, 0.25) is 0 Å². The van der Waals surface area contributed by atoms with Crippen molar-refractivity contribution in [3.8, 4) is 0 Å². The first kappa shape index (κ1) is 19.4. The minimum Gasteiger partial charge on any atom is -0.457 e. The van der Waals surface area contributed by atoms with E-state index in [4.69, 9.17) is 16.3 Å². The van der Waals surface area contributed by atoms with Crippen molar-refractivity contribution in [2.45, 2.75) is 19.1 Å². The van der Waals surface area contributed by atoms with Gasteiger partial charge in [0.1, 0.15) is 17.9 Å². The van der Waals surface area contributed by atoms with Crippen LogP contribution < -0.4 is 10.6 Å². The van der Waals surface area contributed by atoms with Gasteiger partial charge in [-0.3, -0.25) is 4.79 Å². The molecular formula is C21H19ClFN3O3. The van der Waals surface area contributed by atoms with Crippen molar-refractivity contribution in [2.75, 3.05) is 13.1 Å². The lowest BCUT2D eigenvalue weighted by Gasteiger charge is -2.10. The van der Waals surface area contributed by atoms with Gasteiger partial charge in [-0.25, -0.2) is 9.18 Å². The quantitative estimate of drug-likeness (QED) is 0.558. The van der Waals surface area contributed by atoms with Crippen LogP contribution in [0.5, 0.6) is 0 Å². The standard InChI is InChI=1S/C21H19ClFN3O3/c22-15-8-13-9-16(20(27)25-14-6-7-24-10-14)26-19(13)17(18(15)23)21(28)29-11-12-4-2-1-3-5-12/h1-5,8-9,14,24,26H,6-7,10-11H2,(H,25,27)/t14-/m0/s1. The summed E-state index contributed by atoms with van der Waals surface area (Å²) in [5, 5.41) is 6.32.